The highest BCUT2D eigenvalue weighted by Crippen LogP contribution is 2.23. The number of hydrogen-bond acceptors (Lipinski definition) is 5. The normalized spacial score (nSPS) is 21.0. The number of furan rings is 1. The van der Waals surface area contributed by atoms with Gasteiger partial charge in [0.2, 0.25) is 5.91 Å². The molecule has 3 heterocycles. The van der Waals surface area contributed by atoms with E-state index in [9.17, 15) is 4.79 Å². The van der Waals surface area contributed by atoms with Crippen molar-refractivity contribution in [2.75, 3.05) is 45.9 Å². The third-order valence-electron chi connectivity index (χ3n) is 4.76. The molecule has 6 nitrogen and oxygen atoms in total. The van der Waals surface area contributed by atoms with Gasteiger partial charge in [-0.25, -0.2) is 0 Å². The van der Waals surface area contributed by atoms with Crippen LogP contribution in [0.1, 0.15) is 30.4 Å². The van der Waals surface area contributed by atoms with Gasteiger partial charge >= 0.3 is 0 Å². The fourth-order valence-corrected chi connectivity index (χ4v) is 3.36. The van der Waals surface area contributed by atoms with Crippen LogP contribution in [0.2, 0.25) is 0 Å². The molecule has 1 aromatic rings. The summed E-state index contributed by atoms with van der Waals surface area (Å²) in [6, 6.07) is 4.09. The van der Waals surface area contributed by atoms with E-state index < -0.39 is 0 Å². The van der Waals surface area contributed by atoms with Crippen molar-refractivity contribution in [3.05, 3.63) is 23.7 Å². The van der Waals surface area contributed by atoms with Crippen LogP contribution < -0.4 is 10.6 Å². The molecule has 2 aliphatic rings. The van der Waals surface area contributed by atoms with Crippen LogP contribution in [-0.2, 0) is 9.53 Å². The van der Waals surface area contributed by atoms with E-state index in [1.54, 1.807) is 0 Å². The Bertz CT molecular complexity index is 511. The molecule has 2 N–H and O–H groups in total. The molecule has 7 heteroatoms. The summed E-state index contributed by atoms with van der Waals surface area (Å²) < 4.78 is 11.3. The summed E-state index contributed by atoms with van der Waals surface area (Å²) >= 11 is 0. The van der Waals surface area contributed by atoms with Gasteiger partial charge in [-0.15, -0.1) is 12.4 Å². The molecular weight excluding hydrogens is 330 g/mol. The number of amides is 1. The fraction of sp³-hybridized carbons (Fsp3) is 0.706. The molecule has 0 saturated carbocycles. The second-order valence-corrected chi connectivity index (χ2v) is 6.38. The standard InChI is InChI=1S/C17H27N3O3.ClH/c1-13-2-3-16(23-13)15(20-8-10-22-11-9-20)12-19-17(21)14-4-6-18-7-5-14;/h2-3,14-15,18H,4-12H2,1H3,(H,19,21);1H. The highest BCUT2D eigenvalue weighted by atomic mass is 35.5. The molecule has 3 rings (SSSR count). The van der Waals surface area contributed by atoms with Crippen LogP contribution in [0.25, 0.3) is 0 Å². The van der Waals surface area contributed by atoms with Crippen LogP contribution in [-0.4, -0.2) is 56.7 Å². The molecule has 2 aliphatic heterocycles. The lowest BCUT2D eigenvalue weighted by atomic mass is 9.97. The Morgan fingerprint density at radius 2 is 2.04 bits per heavy atom. The lowest BCUT2D eigenvalue weighted by Gasteiger charge is -2.34. The molecule has 0 radical (unpaired) electrons. The van der Waals surface area contributed by atoms with Crippen LogP contribution in [0.15, 0.2) is 16.5 Å². The molecule has 1 atom stereocenters. The SMILES string of the molecule is Cc1ccc(C(CNC(=O)C2CCNCC2)N2CCOCC2)o1.Cl. The average Bonchev–Trinajstić information content (AvgIpc) is 3.03. The third-order valence-corrected chi connectivity index (χ3v) is 4.76. The van der Waals surface area contributed by atoms with Gasteiger partial charge in [0.25, 0.3) is 0 Å². The number of carbonyl (C=O) groups is 1. The number of piperidine rings is 1. The Balaban J connectivity index is 0.00000208. The molecule has 1 amide bonds. The van der Waals surface area contributed by atoms with Crippen LogP contribution in [0, 0.1) is 12.8 Å². The number of hydrogen-bond donors (Lipinski definition) is 2. The summed E-state index contributed by atoms with van der Waals surface area (Å²) in [7, 11) is 0. The first-order valence-corrected chi connectivity index (χ1v) is 8.60. The number of nitrogens with one attached hydrogen (secondary N) is 2. The van der Waals surface area contributed by atoms with Crippen molar-refractivity contribution in [2.45, 2.75) is 25.8 Å². The van der Waals surface area contributed by atoms with Gasteiger partial charge in [0.15, 0.2) is 0 Å². The summed E-state index contributed by atoms with van der Waals surface area (Å²) in [6.45, 7) is 7.62. The Kier molecular flexibility index (Phi) is 7.55. The molecule has 0 aromatic carbocycles. The van der Waals surface area contributed by atoms with Crippen LogP contribution in [0.5, 0.6) is 0 Å². The lowest BCUT2D eigenvalue weighted by Crippen LogP contribution is -2.45. The maximum atomic E-state index is 12.4. The van der Waals surface area contributed by atoms with Gasteiger partial charge < -0.3 is 19.8 Å². The first-order chi connectivity index (χ1) is 11.2. The van der Waals surface area contributed by atoms with E-state index >= 15 is 0 Å². The van der Waals surface area contributed by atoms with E-state index in [2.05, 4.69) is 15.5 Å². The van der Waals surface area contributed by atoms with E-state index in [-0.39, 0.29) is 30.3 Å². The van der Waals surface area contributed by atoms with Gasteiger partial charge in [0.05, 0.1) is 19.3 Å². The first kappa shape index (κ1) is 19.2. The Morgan fingerprint density at radius 1 is 1.33 bits per heavy atom. The van der Waals surface area contributed by atoms with E-state index in [0.29, 0.717) is 6.54 Å². The zero-order valence-electron chi connectivity index (χ0n) is 14.3. The van der Waals surface area contributed by atoms with E-state index in [1.807, 2.05) is 19.1 Å². The molecular formula is C17H28ClN3O3. The van der Waals surface area contributed by atoms with Crippen molar-refractivity contribution in [3.8, 4) is 0 Å². The number of ether oxygens (including phenoxy) is 1. The summed E-state index contributed by atoms with van der Waals surface area (Å²) in [4.78, 5) is 14.7. The van der Waals surface area contributed by atoms with E-state index in [0.717, 1.165) is 63.8 Å². The number of rotatable bonds is 5. The largest absolute Gasteiger partial charge is 0.465 e. The maximum absolute atomic E-state index is 12.4. The highest BCUT2D eigenvalue weighted by molar-refractivity contribution is 5.85. The smallest absolute Gasteiger partial charge is 0.223 e. The minimum atomic E-state index is 0. The highest BCUT2D eigenvalue weighted by Gasteiger charge is 2.27. The number of halogens is 1. The minimum absolute atomic E-state index is 0. The van der Waals surface area contributed by atoms with Gasteiger partial charge in [-0.1, -0.05) is 0 Å². The number of morpholine rings is 1. The van der Waals surface area contributed by atoms with Gasteiger partial charge in [-0.05, 0) is 45.0 Å². The van der Waals surface area contributed by atoms with E-state index in [1.165, 1.54) is 0 Å². The predicted octanol–water partition coefficient (Wildman–Crippen LogP) is 1.50. The number of aryl methyl sites for hydroxylation is 1. The number of carbonyl (C=O) groups excluding carboxylic acids is 1. The second kappa shape index (κ2) is 9.42. The van der Waals surface area contributed by atoms with Gasteiger partial charge in [-0.2, -0.15) is 0 Å². The minimum Gasteiger partial charge on any atom is -0.465 e. The third kappa shape index (κ3) is 4.96. The molecule has 0 spiro atoms. The van der Waals surface area contributed by atoms with Crippen LogP contribution in [0.3, 0.4) is 0 Å². The van der Waals surface area contributed by atoms with Gasteiger partial charge in [-0.3, -0.25) is 9.69 Å². The Labute approximate surface area is 149 Å². The molecule has 136 valence electrons. The summed E-state index contributed by atoms with van der Waals surface area (Å²) in [5.41, 5.74) is 0. The quantitative estimate of drug-likeness (QED) is 0.836. The molecule has 0 aliphatic carbocycles. The molecule has 0 bridgehead atoms. The molecule has 2 fully saturated rings. The summed E-state index contributed by atoms with van der Waals surface area (Å²) in [6.07, 6.45) is 1.85. The topological polar surface area (TPSA) is 66.7 Å². The van der Waals surface area contributed by atoms with Gasteiger partial charge in [0.1, 0.15) is 11.5 Å². The van der Waals surface area contributed by atoms with Crippen molar-refractivity contribution in [1.29, 1.82) is 0 Å². The predicted molar refractivity (Wildman–Crippen MR) is 94.4 cm³/mol. The Morgan fingerprint density at radius 3 is 2.67 bits per heavy atom. The molecule has 2 saturated heterocycles. The molecule has 24 heavy (non-hydrogen) atoms. The second-order valence-electron chi connectivity index (χ2n) is 6.38. The monoisotopic (exact) mass is 357 g/mol. The maximum Gasteiger partial charge on any atom is 0.223 e. The summed E-state index contributed by atoms with van der Waals surface area (Å²) in [5, 5.41) is 6.45. The van der Waals surface area contributed by atoms with Crippen molar-refractivity contribution in [1.82, 2.24) is 15.5 Å². The zero-order valence-corrected chi connectivity index (χ0v) is 15.1. The van der Waals surface area contributed by atoms with Crippen LogP contribution in [0.4, 0.5) is 0 Å². The van der Waals surface area contributed by atoms with Crippen molar-refractivity contribution >= 4 is 18.3 Å². The first-order valence-electron chi connectivity index (χ1n) is 8.60. The lowest BCUT2D eigenvalue weighted by molar-refractivity contribution is -0.126. The van der Waals surface area contributed by atoms with Crippen molar-refractivity contribution < 1.29 is 13.9 Å². The van der Waals surface area contributed by atoms with Crippen LogP contribution >= 0.6 is 12.4 Å². The van der Waals surface area contributed by atoms with Crippen molar-refractivity contribution in [2.24, 2.45) is 5.92 Å². The van der Waals surface area contributed by atoms with E-state index in [4.69, 9.17) is 9.15 Å². The summed E-state index contributed by atoms with van der Waals surface area (Å²) in [5.74, 6) is 2.14. The molecule has 1 unspecified atom stereocenters. The fourth-order valence-electron chi connectivity index (χ4n) is 3.36. The molecule has 1 aromatic heterocycles. The average molecular weight is 358 g/mol. The van der Waals surface area contributed by atoms with Crippen molar-refractivity contribution in [3.63, 3.8) is 0 Å². The number of nitrogens with zero attached hydrogens (tertiary/aromatic N) is 1. The van der Waals surface area contributed by atoms with Gasteiger partial charge in [0, 0.05) is 25.6 Å². The zero-order chi connectivity index (χ0) is 16.1. The Hall–Kier alpha value is -1.08.